The lowest BCUT2D eigenvalue weighted by atomic mass is 9.82. The molecule has 8 heteroatoms. The highest BCUT2D eigenvalue weighted by molar-refractivity contribution is 5.77. The molecule has 3 saturated heterocycles. The van der Waals surface area contributed by atoms with Crippen LogP contribution in [-0.2, 0) is 9.53 Å². The Morgan fingerprint density at radius 2 is 1.44 bits per heavy atom. The molecule has 2 unspecified atom stereocenters. The molecule has 0 spiro atoms. The van der Waals surface area contributed by atoms with E-state index in [1.54, 1.807) is 4.90 Å². The first-order valence-corrected chi connectivity index (χ1v) is 18.4. The van der Waals surface area contributed by atoms with Crippen molar-refractivity contribution in [3.63, 3.8) is 0 Å². The fourth-order valence-electron chi connectivity index (χ4n) is 7.56. The molecular formula is C40H60N4O4. The third-order valence-electron chi connectivity index (χ3n) is 10.3. The van der Waals surface area contributed by atoms with Crippen LogP contribution in [0.1, 0.15) is 97.2 Å². The van der Waals surface area contributed by atoms with Crippen LogP contribution in [0.3, 0.4) is 0 Å². The molecule has 3 heterocycles. The zero-order valence-electron chi connectivity index (χ0n) is 30.5. The Morgan fingerprint density at radius 3 is 2.06 bits per heavy atom. The number of carbonyl (C=O) groups is 2. The van der Waals surface area contributed by atoms with Crippen molar-refractivity contribution in [1.29, 1.82) is 0 Å². The number of amides is 2. The summed E-state index contributed by atoms with van der Waals surface area (Å²) in [6.45, 7) is 20.1. The van der Waals surface area contributed by atoms with E-state index in [4.69, 9.17) is 9.47 Å². The largest absolute Gasteiger partial charge is 0.492 e. The van der Waals surface area contributed by atoms with Crippen molar-refractivity contribution in [3.8, 4) is 5.75 Å². The summed E-state index contributed by atoms with van der Waals surface area (Å²) in [5.41, 5.74) is 1.92. The predicted molar refractivity (Wildman–Crippen MR) is 192 cm³/mol. The maximum Gasteiger partial charge on any atom is 0.410 e. The SMILES string of the molecule is CC(C)(C)OC(=O)N1CCC(CC(=O)N2CCN(C(c3ccccc3)c3ccc(OCCN4CCCCC4)cc3)CC2C(C)(C)C)CC1. The van der Waals surface area contributed by atoms with Gasteiger partial charge in [-0.2, -0.15) is 0 Å². The van der Waals surface area contributed by atoms with Gasteiger partial charge in [0, 0.05) is 51.7 Å². The van der Waals surface area contributed by atoms with Crippen LogP contribution in [0.4, 0.5) is 4.79 Å². The molecule has 0 saturated carbocycles. The zero-order valence-corrected chi connectivity index (χ0v) is 30.5. The van der Waals surface area contributed by atoms with Crippen molar-refractivity contribution in [1.82, 2.24) is 19.6 Å². The second-order valence-electron chi connectivity index (χ2n) is 16.2. The highest BCUT2D eigenvalue weighted by atomic mass is 16.6. The number of piperidine rings is 2. The summed E-state index contributed by atoms with van der Waals surface area (Å²) >= 11 is 0. The number of ether oxygens (including phenoxy) is 2. The fraction of sp³-hybridized carbons (Fsp3) is 0.650. The summed E-state index contributed by atoms with van der Waals surface area (Å²) in [5, 5.41) is 0. The van der Waals surface area contributed by atoms with E-state index in [2.05, 4.69) is 90.1 Å². The number of hydrogen-bond donors (Lipinski definition) is 0. The van der Waals surface area contributed by atoms with Gasteiger partial charge >= 0.3 is 6.09 Å². The van der Waals surface area contributed by atoms with Gasteiger partial charge in [0.1, 0.15) is 18.0 Å². The van der Waals surface area contributed by atoms with Gasteiger partial charge in [0.25, 0.3) is 0 Å². The molecular weight excluding hydrogens is 600 g/mol. The Kier molecular flexibility index (Phi) is 12.1. The Labute approximate surface area is 289 Å². The van der Waals surface area contributed by atoms with Gasteiger partial charge in [-0.15, -0.1) is 0 Å². The molecule has 2 atom stereocenters. The van der Waals surface area contributed by atoms with Gasteiger partial charge in [-0.25, -0.2) is 4.79 Å². The van der Waals surface area contributed by atoms with Gasteiger partial charge in [0.15, 0.2) is 0 Å². The Balaban J connectivity index is 1.23. The lowest BCUT2D eigenvalue weighted by molar-refractivity contribution is -0.141. The maximum absolute atomic E-state index is 14.0. The first-order chi connectivity index (χ1) is 22.9. The van der Waals surface area contributed by atoms with E-state index in [-0.39, 0.29) is 35.4 Å². The van der Waals surface area contributed by atoms with Crippen LogP contribution in [0.5, 0.6) is 5.75 Å². The quantitative estimate of drug-likeness (QED) is 0.283. The van der Waals surface area contributed by atoms with E-state index in [0.717, 1.165) is 38.2 Å². The van der Waals surface area contributed by atoms with Gasteiger partial charge in [0.2, 0.25) is 5.91 Å². The van der Waals surface area contributed by atoms with Crippen LogP contribution >= 0.6 is 0 Å². The minimum absolute atomic E-state index is 0.0816. The smallest absolute Gasteiger partial charge is 0.410 e. The highest BCUT2D eigenvalue weighted by Gasteiger charge is 2.41. The molecule has 0 bridgehead atoms. The first-order valence-electron chi connectivity index (χ1n) is 18.4. The molecule has 0 aliphatic carbocycles. The average Bonchev–Trinajstić information content (AvgIpc) is 3.06. The topological polar surface area (TPSA) is 65.6 Å². The normalized spacial score (nSPS) is 21.2. The Morgan fingerprint density at radius 1 is 0.792 bits per heavy atom. The van der Waals surface area contributed by atoms with Crippen molar-refractivity contribution in [2.24, 2.45) is 11.3 Å². The van der Waals surface area contributed by atoms with Crippen molar-refractivity contribution >= 4 is 12.0 Å². The van der Waals surface area contributed by atoms with Crippen molar-refractivity contribution < 1.29 is 19.1 Å². The average molecular weight is 661 g/mol. The molecule has 8 nitrogen and oxygen atoms in total. The van der Waals surface area contributed by atoms with Crippen LogP contribution in [0, 0.1) is 11.3 Å². The number of likely N-dealkylation sites (tertiary alicyclic amines) is 2. The summed E-state index contributed by atoms with van der Waals surface area (Å²) in [5.74, 6) is 1.45. The van der Waals surface area contributed by atoms with Gasteiger partial charge in [-0.05, 0) is 94.1 Å². The molecule has 3 aliphatic heterocycles. The fourth-order valence-corrected chi connectivity index (χ4v) is 7.56. The summed E-state index contributed by atoms with van der Waals surface area (Å²) in [4.78, 5) is 35.6. The van der Waals surface area contributed by atoms with E-state index < -0.39 is 5.60 Å². The van der Waals surface area contributed by atoms with E-state index in [9.17, 15) is 9.59 Å². The van der Waals surface area contributed by atoms with E-state index in [0.29, 0.717) is 32.7 Å². The minimum atomic E-state index is -0.502. The van der Waals surface area contributed by atoms with Gasteiger partial charge < -0.3 is 19.3 Å². The number of benzene rings is 2. The number of rotatable bonds is 9. The second kappa shape index (κ2) is 16.1. The molecule has 5 rings (SSSR count). The third-order valence-corrected chi connectivity index (χ3v) is 10.3. The number of hydrogen-bond acceptors (Lipinski definition) is 6. The van der Waals surface area contributed by atoms with Crippen LogP contribution in [0.2, 0.25) is 0 Å². The summed E-state index contributed by atoms with van der Waals surface area (Å²) in [7, 11) is 0. The summed E-state index contributed by atoms with van der Waals surface area (Å²) in [6, 6.07) is 19.6. The summed E-state index contributed by atoms with van der Waals surface area (Å²) < 4.78 is 11.7. The Hall–Kier alpha value is -3.10. The first kappa shape index (κ1) is 36.2. The zero-order chi connectivity index (χ0) is 34.3. The van der Waals surface area contributed by atoms with Gasteiger partial charge in [-0.1, -0.05) is 69.7 Å². The Bertz CT molecular complexity index is 1310. The van der Waals surface area contributed by atoms with Crippen molar-refractivity contribution in [2.45, 2.75) is 97.8 Å². The molecule has 2 aromatic rings. The van der Waals surface area contributed by atoms with Crippen LogP contribution in [0.15, 0.2) is 54.6 Å². The monoisotopic (exact) mass is 660 g/mol. The number of carbonyl (C=O) groups excluding carboxylic acids is 2. The number of nitrogens with zero attached hydrogens (tertiary/aromatic N) is 4. The van der Waals surface area contributed by atoms with Crippen molar-refractivity contribution in [2.75, 3.05) is 59.0 Å². The molecule has 3 aliphatic rings. The molecule has 264 valence electrons. The number of piperazine rings is 1. The van der Waals surface area contributed by atoms with Gasteiger partial charge in [-0.3, -0.25) is 14.6 Å². The molecule has 2 amide bonds. The van der Waals surface area contributed by atoms with E-state index in [1.165, 1.54) is 43.5 Å². The molecule has 3 fully saturated rings. The molecule has 48 heavy (non-hydrogen) atoms. The molecule has 2 aromatic carbocycles. The van der Waals surface area contributed by atoms with Crippen LogP contribution < -0.4 is 4.74 Å². The molecule has 0 N–H and O–H groups in total. The van der Waals surface area contributed by atoms with Crippen LogP contribution in [0.25, 0.3) is 0 Å². The molecule has 0 aromatic heterocycles. The minimum Gasteiger partial charge on any atom is -0.492 e. The molecule has 0 radical (unpaired) electrons. The van der Waals surface area contributed by atoms with E-state index >= 15 is 0 Å². The standard InChI is InChI=1S/C40H60N4O4/c1-39(2,3)35-30-43(25-26-44(35)36(45)29-31-19-23-42(24-20-31)38(46)48-40(4,5)6)37(32-13-9-7-10-14-32)33-15-17-34(18-16-33)47-28-27-41-21-11-8-12-22-41/h7,9-10,13-18,31,35,37H,8,11-12,19-30H2,1-6H3. The summed E-state index contributed by atoms with van der Waals surface area (Å²) in [6.07, 6.45) is 5.89. The maximum atomic E-state index is 14.0. The lowest BCUT2D eigenvalue weighted by Gasteiger charge is -2.50. The van der Waals surface area contributed by atoms with E-state index in [1.807, 2.05) is 20.8 Å². The second-order valence-corrected chi connectivity index (χ2v) is 16.2. The predicted octanol–water partition coefficient (Wildman–Crippen LogP) is 7.24. The van der Waals surface area contributed by atoms with Gasteiger partial charge in [0.05, 0.1) is 6.04 Å². The van der Waals surface area contributed by atoms with Crippen LogP contribution in [-0.4, -0.2) is 102 Å². The third kappa shape index (κ3) is 9.97. The highest BCUT2D eigenvalue weighted by Crippen LogP contribution is 2.36. The van der Waals surface area contributed by atoms with Crippen molar-refractivity contribution in [3.05, 3.63) is 65.7 Å². The lowest BCUT2D eigenvalue weighted by Crippen LogP contribution is -2.60.